The van der Waals surface area contributed by atoms with Crippen LogP contribution in [0.2, 0.25) is 0 Å². The summed E-state index contributed by atoms with van der Waals surface area (Å²) in [5.74, 6) is -1.38. The summed E-state index contributed by atoms with van der Waals surface area (Å²) in [6.45, 7) is 0.138. The van der Waals surface area contributed by atoms with Crippen LogP contribution in [0, 0.1) is 17.0 Å². The zero-order chi connectivity index (χ0) is 15.2. The molecule has 0 aliphatic carbocycles. The first-order valence-electron chi connectivity index (χ1n) is 6.22. The summed E-state index contributed by atoms with van der Waals surface area (Å²) in [6, 6.07) is 10.1. The number of ether oxygens (including phenoxy) is 2. The molecule has 0 saturated carbocycles. The average Bonchev–Trinajstić information content (AvgIpc) is 2.46. The lowest BCUT2D eigenvalue weighted by molar-refractivity contribution is 0.205. The molecule has 0 fully saturated rings. The third-order valence-corrected chi connectivity index (χ3v) is 2.68. The van der Waals surface area contributed by atoms with Gasteiger partial charge in [-0.25, -0.2) is 8.78 Å². The number of amidine groups is 1. The van der Waals surface area contributed by atoms with Crippen molar-refractivity contribution in [1.29, 1.82) is 5.41 Å². The molecule has 0 aliphatic rings. The molecule has 2 rings (SSSR count). The van der Waals surface area contributed by atoms with Crippen molar-refractivity contribution in [2.75, 3.05) is 13.2 Å². The van der Waals surface area contributed by atoms with Crippen LogP contribution in [-0.2, 0) is 0 Å². The fourth-order valence-corrected chi connectivity index (χ4v) is 1.65. The van der Waals surface area contributed by atoms with Crippen molar-refractivity contribution in [2.24, 2.45) is 5.73 Å². The minimum atomic E-state index is -0.749. The molecule has 0 radical (unpaired) electrons. The van der Waals surface area contributed by atoms with Gasteiger partial charge in [0.1, 0.15) is 24.8 Å². The quantitative estimate of drug-likeness (QED) is 0.488. The van der Waals surface area contributed by atoms with E-state index in [1.807, 2.05) is 0 Å². The minimum absolute atomic E-state index is 0.00626. The molecule has 110 valence electrons. The molecule has 2 aromatic carbocycles. The van der Waals surface area contributed by atoms with Crippen molar-refractivity contribution >= 4 is 5.84 Å². The number of halogens is 2. The largest absolute Gasteiger partial charge is 0.490 e. The molecular weight excluding hydrogens is 278 g/mol. The lowest BCUT2D eigenvalue weighted by atomic mass is 10.2. The van der Waals surface area contributed by atoms with Gasteiger partial charge in [0.2, 0.25) is 0 Å². The summed E-state index contributed by atoms with van der Waals surface area (Å²) in [7, 11) is 0. The smallest absolute Gasteiger partial charge is 0.190 e. The van der Waals surface area contributed by atoms with Gasteiger partial charge < -0.3 is 15.2 Å². The topological polar surface area (TPSA) is 68.3 Å². The van der Waals surface area contributed by atoms with Crippen LogP contribution in [0.1, 0.15) is 5.56 Å². The number of nitrogens with two attached hydrogens (primary N) is 1. The van der Waals surface area contributed by atoms with E-state index < -0.39 is 17.4 Å². The molecule has 4 nitrogen and oxygen atoms in total. The lowest BCUT2D eigenvalue weighted by Gasteiger charge is -2.10. The molecule has 0 unspecified atom stereocenters. The molecule has 0 saturated heterocycles. The van der Waals surface area contributed by atoms with Crippen LogP contribution in [0.3, 0.4) is 0 Å². The van der Waals surface area contributed by atoms with E-state index in [1.165, 1.54) is 6.07 Å². The Bertz CT molecular complexity index is 610. The summed E-state index contributed by atoms with van der Waals surface area (Å²) in [5.41, 5.74) is 5.92. The van der Waals surface area contributed by atoms with Gasteiger partial charge in [0, 0.05) is 5.56 Å². The van der Waals surface area contributed by atoms with Crippen molar-refractivity contribution in [2.45, 2.75) is 0 Å². The van der Waals surface area contributed by atoms with Crippen LogP contribution in [-0.4, -0.2) is 19.0 Å². The zero-order valence-electron chi connectivity index (χ0n) is 11.1. The number of para-hydroxylation sites is 1. The predicted octanol–water partition coefficient (Wildman–Crippen LogP) is 2.71. The molecule has 0 bridgehead atoms. The molecular formula is C15H14F2N2O2. The van der Waals surface area contributed by atoms with E-state index in [0.717, 1.165) is 12.1 Å². The third-order valence-electron chi connectivity index (χ3n) is 2.68. The molecule has 0 aliphatic heterocycles. The number of hydrogen-bond donors (Lipinski definition) is 2. The first kappa shape index (κ1) is 14.8. The first-order chi connectivity index (χ1) is 10.1. The molecule has 0 amide bonds. The normalized spacial score (nSPS) is 10.2. The fraction of sp³-hybridized carbons (Fsp3) is 0.133. The molecule has 21 heavy (non-hydrogen) atoms. The molecule has 6 heteroatoms. The van der Waals surface area contributed by atoms with E-state index in [4.69, 9.17) is 20.6 Å². The molecule has 2 aromatic rings. The molecule has 0 aromatic heterocycles. The first-order valence-corrected chi connectivity index (χ1v) is 6.22. The monoisotopic (exact) mass is 292 g/mol. The maximum Gasteiger partial charge on any atom is 0.190 e. The van der Waals surface area contributed by atoms with E-state index >= 15 is 0 Å². The Morgan fingerprint density at radius 2 is 1.52 bits per heavy atom. The van der Waals surface area contributed by atoms with Crippen molar-refractivity contribution in [1.82, 2.24) is 0 Å². The van der Waals surface area contributed by atoms with E-state index in [-0.39, 0.29) is 19.0 Å². The summed E-state index contributed by atoms with van der Waals surface area (Å²) < 4.78 is 36.9. The Kier molecular flexibility index (Phi) is 4.71. The Labute approximate surface area is 120 Å². The predicted molar refractivity (Wildman–Crippen MR) is 74.8 cm³/mol. The van der Waals surface area contributed by atoms with E-state index in [2.05, 4.69) is 0 Å². The second kappa shape index (κ2) is 6.69. The minimum Gasteiger partial charge on any atom is -0.490 e. The Morgan fingerprint density at radius 1 is 0.952 bits per heavy atom. The van der Waals surface area contributed by atoms with Crippen molar-refractivity contribution in [3.8, 4) is 11.5 Å². The highest BCUT2D eigenvalue weighted by molar-refractivity contribution is 5.94. The Morgan fingerprint density at radius 3 is 2.10 bits per heavy atom. The van der Waals surface area contributed by atoms with Gasteiger partial charge in [0.15, 0.2) is 17.4 Å². The van der Waals surface area contributed by atoms with Crippen molar-refractivity contribution in [3.63, 3.8) is 0 Å². The van der Waals surface area contributed by atoms with Gasteiger partial charge in [-0.2, -0.15) is 0 Å². The number of nitrogen functional groups attached to an aromatic ring is 1. The van der Waals surface area contributed by atoms with Gasteiger partial charge in [0.05, 0.1) is 0 Å². The third kappa shape index (κ3) is 3.92. The maximum atomic E-state index is 13.3. The maximum absolute atomic E-state index is 13.3. The summed E-state index contributed by atoms with van der Waals surface area (Å²) in [6.07, 6.45) is 0. The molecule has 0 atom stereocenters. The summed E-state index contributed by atoms with van der Waals surface area (Å²) in [5, 5.41) is 7.26. The van der Waals surface area contributed by atoms with Crippen LogP contribution in [0.25, 0.3) is 0 Å². The number of benzene rings is 2. The van der Waals surface area contributed by atoms with Crippen molar-refractivity contribution in [3.05, 3.63) is 59.7 Å². The summed E-state index contributed by atoms with van der Waals surface area (Å²) >= 11 is 0. The second-order valence-corrected chi connectivity index (χ2v) is 4.19. The van der Waals surface area contributed by atoms with Crippen LogP contribution in [0.5, 0.6) is 11.5 Å². The van der Waals surface area contributed by atoms with E-state index in [9.17, 15) is 8.78 Å². The highest BCUT2D eigenvalue weighted by atomic mass is 19.1. The number of nitrogens with one attached hydrogen (secondary N) is 1. The SMILES string of the molecule is N=C(N)c1ccc(OCCOc2c(F)cccc2F)cc1. The fourth-order valence-electron chi connectivity index (χ4n) is 1.65. The lowest BCUT2D eigenvalue weighted by Crippen LogP contribution is -2.12. The average molecular weight is 292 g/mol. The van der Waals surface area contributed by atoms with Crippen molar-refractivity contribution < 1.29 is 18.3 Å². The van der Waals surface area contributed by atoms with Gasteiger partial charge in [-0.05, 0) is 36.4 Å². The second-order valence-electron chi connectivity index (χ2n) is 4.19. The standard InChI is InChI=1S/C15H14F2N2O2/c16-12-2-1-3-13(17)14(12)21-9-8-20-11-6-4-10(5-7-11)15(18)19/h1-7H,8-9H2,(H3,18,19). The Hall–Kier alpha value is -2.63. The van der Waals surface area contributed by atoms with Gasteiger partial charge in [-0.3, -0.25) is 5.41 Å². The molecule has 0 spiro atoms. The van der Waals surface area contributed by atoms with Crippen LogP contribution in [0.15, 0.2) is 42.5 Å². The van der Waals surface area contributed by atoms with Crippen LogP contribution >= 0.6 is 0 Å². The van der Waals surface area contributed by atoms with Crippen LogP contribution in [0.4, 0.5) is 8.78 Å². The van der Waals surface area contributed by atoms with Gasteiger partial charge >= 0.3 is 0 Å². The summed E-state index contributed by atoms with van der Waals surface area (Å²) in [4.78, 5) is 0. The highest BCUT2D eigenvalue weighted by Crippen LogP contribution is 2.20. The Balaban J connectivity index is 1.83. The van der Waals surface area contributed by atoms with Gasteiger partial charge in [-0.15, -0.1) is 0 Å². The van der Waals surface area contributed by atoms with Crippen LogP contribution < -0.4 is 15.2 Å². The van der Waals surface area contributed by atoms with E-state index in [1.54, 1.807) is 24.3 Å². The van der Waals surface area contributed by atoms with Gasteiger partial charge in [0.25, 0.3) is 0 Å². The highest BCUT2D eigenvalue weighted by Gasteiger charge is 2.09. The number of hydrogen-bond acceptors (Lipinski definition) is 3. The molecule has 0 heterocycles. The van der Waals surface area contributed by atoms with E-state index in [0.29, 0.717) is 11.3 Å². The van der Waals surface area contributed by atoms with Gasteiger partial charge in [-0.1, -0.05) is 6.07 Å². The zero-order valence-corrected chi connectivity index (χ0v) is 11.1. The molecule has 3 N–H and O–H groups in total. The number of rotatable bonds is 6.